The molecule has 0 saturated heterocycles. The Morgan fingerprint density at radius 3 is 2.71 bits per heavy atom. The third kappa shape index (κ3) is 4.90. The molecule has 0 saturated carbocycles. The number of carbonyl (C=O) groups excluding carboxylic acids is 1. The zero-order valence-corrected chi connectivity index (χ0v) is 20.5. The summed E-state index contributed by atoms with van der Waals surface area (Å²) in [6, 6.07) is 9.24. The quantitative estimate of drug-likeness (QED) is 0.373. The number of fused-ring (bicyclic) bond motifs is 3. The highest BCUT2D eigenvalue weighted by Crippen LogP contribution is 2.33. The number of aromatic nitrogens is 3. The van der Waals surface area contributed by atoms with Crippen LogP contribution in [0.25, 0.3) is 20.4 Å². The van der Waals surface area contributed by atoms with E-state index in [-0.39, 0.29) is 11.5 Å². The van der Waals surface area contributed by atoms with Gasteiger partial charge < -0.3 is 10.1 Å². The van der Waals surface area contributed by atoms with Gasteiger partial charge in [0.25, 0.3) is 5.56 Å². The molecule has 1 amide bonds. The number of ether oxygens (including phenoxy) is 1. The summed E-state index contributed by atoms with van der Waals surface area (Å²) in [5.41, 5.74) is 3.82. The van der Waals surface area contributed by atoms with Crippen LogP contribution in [-0.4, -0.2) is 33.9 Å². The lowest BCUT2D eigenvalue weighted by molar-refractivity contribution is -0.114. The molecule has 0 bridgehead atoms. The van der Waals surface area contributed by atoms with Crippen molar-refractivity contribution in [3.05, 3.63) is 63.3 Å². The average Bonchev–Trinajstić information content (AvgIpc) is 3.16. The normalized spacial score (nSPS) is 11.6. The number of nitrogens with zero attached hydrogens (tertiary/aromatic N) is 4. The summed E-state index contributed by atoms with van der Waals surface area (Å²) in [6.07, 6.45) is 4.14. The average molecular weight is 478 g/mol. The van der Waals surface area contributed by atoms with Crippen LogP contribution in [0.4, 0.5) is 5.69 Å². The fourth-order valence-electron chi connectivity index (χ4n) is 3.80. The maximum absolute atomic E-state index is 13.5. The number of rotatable bonds is 8. The van der Waals surface area contributed by atoms with Crippen LogP contribution in [0.15, 0.2) is 40.2 Å². The number of pyridine rings is 1. The van der Waals surface area contributed by atoms with Crippen LogP contribution in [0.5, 0.6) is 0 Å². The fraction of sp³-hybridized carbons (Fsp3) is 0.320. The van der Waals surface area contributed by atoms with Gasteiger partial charge in [-0.3, -0.25) is 9.59 Å². The first kappa shape index (κ1) is 23.7. The van der Waals surface area contributed by atoms with E-state index < -0.39 is 0 Å². The lowest BCUT2D eigenvalue weighted by Gasteiger charge is -2.08. The molecule has 3 aromatic heterocycles. The molecule has 8 nitrogen and oxygen atoms in total. The molecule has 0 radical (unpaired) electrons. The minimum Gasteiger partial charge on any atom is -0.380 e. The van der Waals surface area contributed by atoms with Gasteiger partial charge in [0.05, 0.1) is 18.3 Å². The van der Waals surface area contributed by atoms with Gasteiger partial charge in [-0.2, -0.15) is 9.78 Å². The molecule has 0 unspecified atom stereocenters. The lowest BCUT2D eigenvalue weighted by atomic mass is 10.1. The molecular formula is C25H27N5O3S. The van der Waals surface area contributed by atoms with Gasteiger partial charge >= 0.3 is 0 Å². The maximum atomic E-state index is 13.5. The number of anilines is 1. The van der Waals surface area contributed by atoms with Crippen LogP contribution in [0.2, 0.25) is 0 Å². The second-order valence-electron chi connectivity index (χ2n) is 8.11. The van der Waals surface area contributed by atoms with Gasteiger partial charge in [-0.05, 0) is 42.7 Å². The minimum absolute atomic E-state index is 0.130. The molecule has 0 aliphatic heterocycles. The molecule has 4 aromatic rings. The first-order valence-electron chi connectivity index (χ1n) is 11.2. The van der Waals surface area contributed by atoms with Crippen LogP contribution in [-0.2, 0) is 22.6 Å². The number of aryl methyl sites for hydroxylation is 2. The summed E-state index contributed by atoms with van der Waals surface area (Å²) in [7, 11) is 1.65. The van der Waals surface area contributed by atoms with Crippen molar-refractivity contribution in [2.24, 2.45) is 5.10 Å². The SMILES string of the molecule is CCCCc1nc2c(sc3nc(C)cc(COC)c32)c(=O)n1/N=C/c1ccc(NC(C)=O)cc1. The standard InChI is InChI=1S/C25H27N5O3S/c1-5-6-7-20-29-22-21-18(14-33-4)12-15(2)27-24(21)34-23(22)25(32)30(20)26-13-17-8-10-19(11-9-17)28-16(3)31/h8-13H,5-7,14H2,1-4H3,(H,28,31)/b26-13+. The van der Waals surface area contributed by atoms with E-state index in [9.17, 15) is 9.59 Å². The third-order valence-electron chi connectivity index (χ3n) is 5.33. The Hall–Kier alpha value is -3.43. The topological polar surface area (TPSA) is 98.5 Å². The lowest BCUT2D eigenvalue weighted by Crippen LogP contribution is -2.21. The molecule has 0 fully saturated rings. The van der Waals surface area contributed by atoms with E-state index >= 15 is 0 Å². The van der Waals surface area contributed by atoms with Gasteiger partial charge in [0, 0.05) is 37.2 Å². The molecule has 1 N–H and O–H groups in total. The molecule has 1 aromatic carbocycles. The number of hydrogen-bond acceptors (Lipinski definition) is 7. The van der Waals surface area contributed by atoms with Crippen molar-refractivity contribution >= 4 is 49.6 Å². The molecule has 0 atom stereocenters. The van der Waals surface area contributed by atoms with Gasteiger partial charge in [0.2, 0.25) is 5.91 Å². The van der Waals surface area contributed by atoms with Gasteiger partial charge in [0.1, 0.15) is 15.4 Å². The number of nitrogens with one attached hydrogen (secondary N) is 1. The van der Waals surface area contributed by atoms with Crippen molar-refractivity contribution in [3.8, 4) is 0 Å². The number of amides is 1. The van der Waals surface area contributed by atoms with E-state index in [2.05, 4.69) is 22.3 Å². The summed E-state index contributed by atoms with van der Waals surface area (Å²) >= 11 is 1.34. The predicted octanol–water partition coefficient (Wildman–Crippen LogP) is 4.64. The monoisotopic (exact) mass is 477 g/mol. The Labute approximate surface area is 201 Å². The predicted molar refractivity (Wildman–Crippen MR) is 137 cm³/mol. The molecule has 0 aliphatic carbocycles. The van der Waals surface area contributed by atoms with Crippen LogP contribution in [0.1, 0.15) is 49.3 Å². The van der Waals surface area contributed by atoms with Gasteiger partial charge in [0.15, 0.2) is 0 Å². The Morgan fingerprint density at radius 1 is 1.26 bits per heavy atom. The van der Waals surface area contributed by atoms with E-state index in [0.717, 1.165) is 39.9 Å². The number of methoxy groups -OCH3 is 1. The highest BCUT2D eigenvalue weighted by Gasteiger charge is 2.19. The van der Waals surface area contributed by atoms with Crippen LogP contribution >= 0.6 is 11.3 Å². The Bertz CT molecular complexity index is 1440. The summed E-state index contributed by atoms with van der Waals surface area (Å²) in [5.74, 6) is 0.490. The minimum atomic E-state index is -0.203. The van der Waals surface area contributed by atoms with Crippen molar-refractivity contribution in [2.45, 2.75) is 46.6 Å². The summed E-state index contributed by atoms with van der Waals surface area (Å²) < 4.78 is 7.33. The molecule has 0 aliphatic rings. The molecule has 9 heteroatoms. The Morgan fingerprint density at radius 2 is 2.03 bits per heavy atom. The van der Waals surface area contributed by atoms with E-state index in [1.54, 1.807) is 25.5 Å². The largest absolute Gasteiger partial charge is 0.380 e. The molecule has 4 rings (SSSR count). The van der Waals surface area contributed by atoms with E-state index in [0.29, 0.717) is 34.8 Å². The fourth-order valence-corrected chi connectivity index (χ4v) is 4.93. The molecule has 3 heterocycles. The van der Waals surface area contributed by atoms with Crippen molar-refractivity contribution in [2.75, 3.05) is 12.4 Å². The molecule has 176 valence electrons. The molecule has 34 heavy (non-hydrogen) atoms. The number of carbonyl (C=O) groups is 1. The summed E-state index contributed by atoms with van der Waals surface area (Å²) in [4.78, 5) is 35.1. The van der Waals surface area contributed by atoms with Gasteiger partial charge in [-0.1, -0.05) is 25.5 Å². The highest BCUT2D eigenvalue weighted by molar-refractivity contribution is 7.25. The van der Waals surface area contributed by atoms with Crippen LogP contribution in [0.3, 0.4) is 0 Å². The number of benzene rings is 1. The summed E-state index contributed by atoms with van der Waals surface area (Å²) in [5, 5.41) is 8.12. The number of unbranched alkanes of at least 4 members (excludes halogenated alkanes) is 1. The second-order valence-corrected chi connectivity index (χ2v) is 9.11. The van der Waals surface area contributed by atoms with Gasteiger partial charge in [-0.25, -0.2) is 9.97 Å². The highest BCUT2D eigenvalue weighted by atomic mass is 32.1. The maximum Gasteiger partial charge on any atom is 0.292 e. The first-order valence-corrected chi connectivity index (χ1v) is 12.0. The number of hydrogen-bond donors (Lipinski definition) is 1. The van der Waals surface area contributed by atoms with E-state index in [1.807, 2.05) is 25.1 Å². The van der Waals surface area contributed by atoms with Gasteiger partial charge in [-0.15, -0.1) is 11.3 Å². The third-order valence-corrected chi connectivity index (χ3v) is 6.39. The zero-order valence-electron chi connectivity index (χ0n) is 19.7. The Kier molecular flexibility index (Phi) is 7.14. The van der Waals surface area contributed by atoms with E-state index in [1.165, 1.54) is 22.9 Å². The second kappa shape index (κ2) is 10.2. The Balaban J connectivity index is 1.83. The molecule has 0 spiro atoms. The van der Waals surface area contributed by atoms with Crippen molar-refractivity contribution < 1.29 is 9.53 Å². The van der Waals surface area contributed by atoms with E-state index in [4.69, 9.17) is 9.72 Å². The van der Waals surface area contributed by atoms with Crippen molar-refractivity contribution in [1.82, 2.24) is 14.6 Å². The molecular weight excluding hydrogens is 450 g/mol. The summed E-state index contributed by atoms with van der Waals surface area (Å²) in [6.45, 7) is 5.92. The van der Waals surface area contributed by atoms with Crippen molar-refractivity contribution in [3.63, 3.8) is 0 Å². The zero-order chi connectivity index (χ0) is 24.2. The van der Waals surface area contributed by atoms with Crippen LogP contribution in [0, 0.1) is 6.92 Å². The first-order chi connectivity index (χ1) is 16.4. The van der Waals surface area contributed by atoms with Crippen LogP contribution < -0.4 is 10.9 Å². The van der Waals surface area contributed by atoms with Crippen molar-refractivity contribution in [1.29, 1.82) is 0 Å². The smallest absolute Gasteiger partial charge is 0.292 e. The number of thiophene rings is 1.